The van der Waals surface area contributed by atoms with Crippen molar-refractivity contribution in [2.75, 3.05) is 6.61 Å². The van der Waals surface area contributed by atoms with Crippen LogP contribution in [0.25, 0.3) is 6.08 Å². The Morgan fingerprint density at radius 1 is 0.902 bits per heavy atom. The third kappa shape index (κ3) is 9.15. The topological polar surface area (TPSA) is 133 Å². The minimum atomic E-state index is -1.36. The predicted molar refractivity (Wildman–Crippen MR) is 231 cm³/mol. The van der Waals surface area contributed by atoms with Gasteiger partial charge in [-0.15, -0.1) is 0 Å². The molecule has 2 aliphatic heterocycles. The van der Waals surface area contributed by atoms with E-state index in [4.69, 9.17) is 23.7 Å². The molecule has 10 heteroatoms. The molecule has 5 aliphatic rings. The van der Waals surface area contributed by atoms with E-state index in [1.54, 1.807) is 32.9 Å². The molecule has 2 saturated carbocycles. The number of rotatable bonds is 11. The Labute approximate surface area is 360 Å². The molecule has 0 radical (unpaired) electrons. The van der Waals surface area contributed by atoms with Gasteiger partial charge in [0.2, 0.25) is 11.7 Å². The molecule has 61 heavy (non-hydrogen) atoms. The number of hydrogen-bond acceptors (Lipinski definition) is 9. The molecule has 2 saturated heterocycles. The van der Waals surface area contributed by atoms with Crippen molar-refractivity contribution in [3.8, 4) is 0 Å². The molecule has 3 aromatic carbocycles. The van der Waals surface area contributed by atoms with Gasteiger partial charge in [-0.25, -0.2) is 4.79 Å². The van der Waals surface area contributed by atoms with Gasteiger partial charge in [0.15, 0.2) is 0 Å². The summed E-state index contributed by atoms with van der Waals surface area (Å²) in [5.74, 6) is -1.76. The fourth-order valence-corrected chi connectivity index (χ4v) is 10.2. The second-order valence-electron chi connectivity index (χ2n) is 19.5. The molecule has 1 amide bonds. The minimum Gasteiger partial charge on any atom is -0.460 e. The summed E-state index contributed by atoms with van der Waals surface area (Å²) in [5.41, 5.74) is 3.99. The van der Waals surface area contributed by atoms with Crippen molar-refractivity contribution in [2.45, 2.75) is 140 Å². The molecule has 1 unspecified atom stereocenters. The highest BCUT2D eigenvalue weighted by molar-refractivity contribution is 5.95. The van der Waals surface area contributed by atoms with E-state index in [1.807, 2.05) is 78.9 Å². The fraction of sp³-hybridized carbons (Fsp3) is 0.510. The van der Waals surface area contributed by atoms with Gasteiger partial charge in [0, 0.05) is 29.5 Å². The van der Waals surface area contributed by atoms with Crippen molar-refractivity contribution in [1.29, 1.82) is 0 Å². The third-order valence-electron chi connectivity index (χ3n) is 13.5. The third-order valence-corrected chi connectivity index (χ3v) is 13.5. The van der Waals surface area contributed by atoms with Gasteiger partial charge in [-0.05, 0) is 101 Å². The van der Waals surface area contributed by atoms with Crippen LogP contribution in [0.3, 0.4) is 0 Å². The Morgan fingerprint density at radius 3 is 2.23 bits per heavy atom. The lowest BCUT2D eigenvalue weighted by Crippen LogP contribution is -2.45. The summed E-state index contributed by atoms with van der Waals surface area (Å²) in [5, 5.41) is 13.2. The van der Waals surface area contributed by atoms with Gasteiger partial charge >= 0.3 is 11.9 Å². The summed E-state index contributed by atoms with van der Waals surface area (Å²) in [6.07, 6.45) is 7.16. The molecule has 2 N–H and O–H groups in total. The molecule has 324 valence electrons. The van der Waals surface area contributed by atoms with Gasteiger partial charge in [0.1, 0.15) is 23.9 Å². The molecule has 0 spiro atoms. The van der Waals surface area contributed by atoms with E-state index >= 15 is 0 Å². The van der Waals surface area contributed by atoms with E-state index < -0.39 is 53.6 Å². The largest absolute Gasteiger partial charge is 0.460 e. The number of aliphatic hydroxyl groups is 1. The number of fused-ring (bicyclic) bond motifs is 3. The SMILES string of the molecule is CC(C)(C)OC(=O)CC[C@@H](CO)NC(=O)C1=C[C@H]2OC(c3ccccc3)(c3ccccc3)O[C@H]2[C@H](OC(=O)c2ccccc2C=C2CCC3O[C@]3(C)CC[C@@H]3[C@@H]2CC3(C)C)C1. The zero-order valence-corrected chi connectivity index (χ0v) is 36.4. The second-order valence-corrected chi connectivity index (χ2v) is 19.5. The number of epoxide rings is 1. The lowest BCUT2D eigenvalue weighted by atomic mass is 9.52. The Bertz CT molecular complexity index is 2120. The first-order valence-electron chi connectivity index (χ1n) is 22.1. The highest BCUT2D eigenvalue weighted by atomic mass is 16.8. The Kier molecular flexibility index (Phi) is 11.9. The maximum Gasteiger partial charge on any atom is 0.339 e. The summed E-state index contributed by atoms with van der Waals surface area (Å²) >= 11 is 0. The average molecular weight is 832 g/mol. The van der Waals surface area contributed by atoms with Crippen LogP contribution >= 0.6 is 0 Å². The van der Waals surface area contributed by atoms with Crippen LogP contribution in [0.5, 0.6) is 0 Å². The van der Waals surface area contributed by atoms with Gasteiger partial charge in [-0.3, -0.25) is 9.59 Å². The quantitative estimate of drug-likeness (QED) is 0.144. The highest BCUT2D eigenvalue weighted by Crippen LogP contribution is 2.60. The van der Waals surface area contributed by atoms with Gasteiger partial charge in [-0.1, -0.05) is 104 Å². The van der Waals surface area contributed by atoms with Gasteiger partial charge in [0.05, 0.1) is 29.9 Å². The van der Waals surface area contributed by atoms with Gasteiger partial charge < -0.3 is 34.1 Å². The first-order valence-corrected chi connectivity index (χ1v) is 22.1. The number of esters is 2. The van der Waals surface area contributed by atoms with Crippen molar-refractivity contribution < 1.29 is 43.2 Å². The van der Waals surface area contributed by atoms with Crippen molar-refractivity contribution in [3.05, 3.63) is 124 Å². The Balaban J connectivity index is 1.08. The molecular weight excluding hydrogens is 771 g/mol. The van der Waals surface area contributed by atoms with E-state index in [1.165, 1.54) is 5.57 Å². The number of nitrogens with one attached hydrogen (secondary N) is 1. The highest BCUT2D eigenvalue weighted by Gasteiger charge is 2.57. The van der Waals surface area contributed by atoms with E-state index in [-0.39, 0.29) is 43.0 Å². The second kappa shape index (κ2) is 16.9. The van der Waals surface area contributed by atoms with E-state index in [9.17, 15) is 19.5 Å². The summed E-state index contributed by atoms with van der Waals surface area (Å²) < 4.78 is 32.0. The molecule has 2 heterocycles. The monoisotopic (exact) mass is 831 g/mol. The van der Waals surface area contributed by atoms with Crippen LogP contribution in [0.1, 0.15) is 120 Å². The maximum absolute atomic E-state index is 14.6. The molecule has 3 aliphatic carbocycles. The van der Waals surface area contributed by atoms with Gasteiger partial charge in [0.25, 0.3) is 0 Å². The molecule has 0 bridgehead atoms. The molecule has 10 nitrogen and oxygen atoms in total. The Hall–Kier alpha value is -4.61. The van der Waals surface area contributed by atoms with Crippen molar-refractivity contribution >= 4 is 23.9 Å². The molecular formula is C51H61NO9. The summed E-state index contributed by atoms with van der Waals surface area (Å²) in [6.45, 7) is 12.0. The van der Waals surface area contributed by atoms with Crippen LogP contribution in [0.2, 0.25) is 0 Å². The van der Waals surface area contributed by atoms with E-state index in [0.29, 0.717) is 23.0 Å². The normalized spacial score (nSPS) is 29.8. The van der Waals surface area contributed by atoms with Crippen LogP contribution in [0.4, 0.5) is 0 Å². The number of allylic oxidation sites excluding steroid dienone is 1. The lowest BCUT2D eigenvalue weighted by molar-refractivity contribution is -0.157. The number of benzene rings is 3. The number of ether oxygens (including phenoxy) is 5. The fourth-order valence-electron chi connectivity index (χ4n) is 10.2. The first kappa shape index (κ1) is 43.1. The van der Waals surface area contributed by atoms with E-state index in [0.717, 1.165) is 48.8 Å². The number of amides is 1. The molecule has 3 aromatic rings. The van der Waals surface area contributed by atoms with E-state index in [2.05, 4.69) is 32.2 Å². The summed E-state index contributed by atoms with van der Waals surface area (Å²) in [7, 11) is 0. The zero-order chi connectivity index (χ0) is 43.2. The van der Waals surface area contributed by atoms with Crippen molar-refractivity contribution in [1.82, 2.24) is 5.32 Å². The van der Waals surface area contributed by atoms with Crippen LogP contribution < -0.4 is 5.32 Å². The van der Waals surface area contributed by atoms with Crippen molar-refractivity contribution in [2.24, 2.45) is 17.3 Å². The number of hydrogen-bond donors (Lipinski definition) is 2. The zero-order valence-electron chi connectivity index (χ0n) is 36.4. The summed E-state index contributed by atoms with van der Waals surface area (Å²) in [6, 6.07) is 26.1. The van der Waals surface area contributed by atoms with Crippen LogP contribution in [0, 0.1) is 17.3 Å². The number of carbonyl (C=O) groups is 3. The Morgan fingerprint density at radius 2 is 1.57 bits per heavy atom. The lowest BCUT2D eigenvalue weighted by Gasteiger charge is -2.53. The predicted octanol–water partition coefficient (Wildman–Crippen LogP) is 8.60. The summed E-state index contributed by atoms with van der Waals surface area (Å²) in [4.78, 5) is 41.2. The van der Waals surface area contributed by atoms with Crippen LogP contribution in [-0.2, 0) is 39.1 Å². The number of carbonyl (C=O) groups excluding carboxylic acids is 3. The maximum atomic E-state index is 14.6. The standard InChI is InChI=1S/C51H61NO9/c1-48(2,3)60-44(54)24-22-37(31-53)52-46(55)34-28-41(45-42(29-34)58-51(61-45,35-16-9-7-10-17-35)36-18-11-8-12-19-36)57-47(56)38-20-14-13-15-32(38)27-33-21-23-43-50(6,59-43)26-25-40-39(33)30-49(40,4)5/h7-20,27,29,37,39-43,45,53H,21-26,28,30-31H2,1-6H3,(H,52,55)/t37-,39+,40+,41+,42+,43?,45-,50+/m0/s1. The first-order chi connectivity index (χ1) is 29.1. The molecule has 8 atom stereocenters. The molecule has 8 rings (SSSR count). The average Bonchev–Trinajstić information content (AvgIpc) is 3.68. The van der Waals surface area contributed by atoms with Gasteiger partial charge in [-0.2, -0.15) is 0 Å². The van der Waals surface area contributed by atoms with Crippen LogP contribution in [-0.4, -0.2) is 71.2 Å². The molecule has 0 aromatic heterocycles. The van der Waals surface area contributed by atoms with Crippen molar-refractivity contribution in [3.63, 3.8) is 0 Å². The smallest absolute Gasteiger partial charge is 0.339 e. The molecule has 4 fully saturated rings. The minimum absolute atomic E-state index is 0.0167. The number of aliphatic hydroxyl groups excluding tert-OH is 1. The van der Waals surface area contributed by atoms with Crippen LogP contribution in [0.15, 0.2) is 102 Å².